The van der Waals surface area contributed by atoms with E-state index in [4.69, 9.17) is 0 Å². The maximum atomic E-state index is 2.87. The van der Waals surface area contributed by atoms with Gasteiger partial charge in [-0.15, -0.1) is 0 Å². The van der Waals surface area contributed by atoms with Crippen LogP contribution in [-0.2, 0) is 37.9 Å². The standard InChI is InChI=1S/C73H86BN3/c1-66(2,3)47-28-30-48(31-29-47)73-37-22-21-36-72(73,17)77(60-35-33-50(41-57(60)73)68(7,8)9)54-43-63-65-64(44-54)76(53-27-23-24-49(40-53)67(4,5)6)61-42-51(69(10,11)12)32-34-58(61)74(65)59-45-55-56(71(15,16)39-38-70(55,13)14)46-62(59)75(63)52-25-19-18-20-26-52/h18-20,23-35,40-46H,21-22,36-39H2,1-17H3. The van der Waals surface area contributed by atoms with Gasteiger partial charge in [0.1, 0.15) is 0 Å². The van der Waals surface area contributed by atoms with Crippen LogP contribution in [-0.4, -0.2) is 12.3 Å². The SMILES string of the molecule is CC(C)(C)c1ccc(C23CCCCC2(C)N(c2cc4c5c(c2)N(c2ccccc2)c2cc6c(cc2B5c2ccc(C(C)(C)C)cc2N4c2cccc(C(C)(C)C)c2)C(C)(C)CCC6(C)C)c2ccc(C(C)(C)C)cc23)cc1. The van der Waals surface area contributed by atoms with Crippen molar-refractivity contribution in [1.82, 2.24) is 0 Å². The van der Waals surface area contributed by atoms with Crippen LogP contribution in [0.2, 0.25) is 0 Å². The van der Waals surface area contributed by atoms with Crippen LogP contribution < -0.4 is 31.1 Å². The number of benzene rings is 7. The fraction of sp³-hybridized carbons (Fsp3) is 0.425. The van der Waals surface area contributed by atoms with Gasteiger partial charge >= 0.3 is 0 Å². The number of hydrogen-bond acceptors (Lipinski definition) is 3. The zero-order chi connectivity index (χ0) is 54.8. The third-order valence-electron chi connectivity index (χ3n) is 19.8. The first-order chi connectivity index (χ1) is 36.0. The van der Waals surface area contributed by atoms with E-state index in [0.717, 1.165) is 19.3 Å². The molecule has 4 heteroatoms. The molecule has 396 valence electrons. The smallest absolute Gasteiger partial charge is 0.252 e. The molecular formula is C73H86BN3. The zero-order valence-corrected chi connectivity index (χ0v) is 49.9. The number of anilines is 8. The van der Waals surface area contributed by atoms with E-state index in [9.17, 15) is 0 Å². The lowest BCUT2D eigenvalue weighted by Crippen LogP contribution is -2.62. The van der Waals surface area contributed by atoms with Crippen LogP contribution in [0.1, 0.15) is 201 Å². The van der Waals surface area contributed by atoms with E-state index in [0.29, 0.717) is 0 Å². The molecule has 1 fully saturated rings. The summed E-state index contributed by atoms with van der Waals surface area (Å²) in [7, 11) is 0. The van der Waals surface area contributed by atoms with Crippen LogP contribution in [0.5, 0.6) is 0 Å². The minimum atomic E-state index is -0.282. The first-order valence-electron chi connectivity index (χ1n) is 29.4. The second kappa shape index (κ2) is 17.0. The number of hydrogen-bond donors (Lipinski definition) is 0. The number of nitrogens with zero attached hydrogens (tertiary/aromatic N) is 3. The molecule has 3 aliphatic heterocycles. The van der Waals surface area contributed by atoms with Crippen molar-refractivity contribution < 1.29 is 0 Å². The monoisotopic (exact) mass is 1020 g/mol. The fourth-order valence-electron chi connectivity index (χ4n) is 15.0. The topological polar surface area (TPSA) is 9.72 Å². The molecule has 2 unspecified atom stereocenters. The summed E-state index contributed by atoms with van der Waals surface area (Å²) in [6.45, 7) is 41.0. The summed E-state index contributed by atoms with van der Waals surface area (Å²) in [5.41, 5.74) is 25.2. The first-order valence-corrected chi connectivity index (χ1v) is 29.4. The van der Waals surface area contributed by atoms with Gasteiger partial charge in [0.2, 0.25) is 0 Å². The largest absolute Gasteiger partial charge is 0.334 e. The summed E-state index contributed by atoms with van der Waals surface area (Å²) < 4.78 is 0. The van der Waals surface area contributed by atoms with Crippen LogP contribution in [0.25, 0.3) is 0 Å². The van der Waals surface area contributed by atoms with Crippen LogP contribution >= 0.6 is 0 Å². The molecular weight excluding hydrogens is 930 g/mol. The Kier molecular flexibility index (Phi) is 11.4. The van der Waals surface area contributed by atoms with E-state index >= 15 is 0 Å². The maximum Gasteiger partial charge on any atom is 0.252 e. The Bertz CT molecular complexity index is 3500. The van der Waals surface area contributed by atoms with E-state index in [1.165, 1.54) is 126 Å². The van der Waals surface area contributed by atoms with E-state index in [-0.39, 0.29) is 50.2 Å². The Morgan fingerprint density at radius 1 is 0.377 bits per heavy atom. The van der Waals surface area contributed by atoms with Crippen molar-refractivity contribution in [2.45, 2.75) is 200 Å². The van der Waals surface area contributed by atoms with Gasteiger partial charge in [0.05, 0.1) is 5.54 Å². The molecule has 0 saturated heterocycles. The van der Waals surface area contributed by atoms with Gasteiger partial charge < -0.3 is 14.7 Å². The summed E-state index contributed by atoms with van der Waals surface area (Å²) in [5, 5.41) is 0. The van der Waals surface area contributed by atoms with Crippen LogP contribution in [0, 0.1) is 0 Å². The molecule has 0 spiro atoms. The minimum Gasteiger partial charge on any atom is -0.334 e. The quantitative estimate of drug-likeness (QED) is 0.163. The van der Waals surface area contributed by atoms with E-state index in [2.05, 4.69) is 272 Å². The molecule has 2 atom stereocenters. The Morgan fingerprint density at radius 3 is 1.52 bits per heavy atom. The van der Waals surface area contributed by atoms with E-state index in [1.807, 2.05) is 0 Å². The lowest BCUT2D eigenvalue weighted by molar-refractivity contribution is 0.215. The minimum absolute atomic E-state index is 0.00659. The molecule has 5 aliphatic rings. The molecule has 7 aromatic rings. The predicted molar refractivity (Wildman–Crippen MR) is 333 cm³/mol. The maximum absolute atomic E-state index is 2.87. The van der Waals surface area contributed by atoms with Gasteiger partial charge in [-0.3, -0.25) is 0 Å². The highest BCUT2D eigenvalue weighted by Crippen LogP contribution is 2.65. The van der Waals surface area contributed by atoms with Crippen LogP contribution in [0.4, 0.5) is 45.5 Å². The Hall–Kier alpha value is -6.00. The molecule has 2 aliphatic carbocycles. The second-order valence-corrected chi connectivity index (χ2v) is 29.9. The van der Waals surface area contributed by atoms with Crippen molar-refractivity contribution in [2.24, 2.45) is 0 Å². The van der Waals surface area contributed by atoms with Gasteiger partial charge in [-0.1, -0.05) is 209 Å². The Balaban J connectivity index is 1.23. The van der Waals surface area contributed by atoms with Gasteiger partial charge in [0, 0.05) is 50.9 Å². The van der Waals surface area contributed by atoms with Gasteiger partial charge in [-0.05, 0) is 181 Å². The van der Waals surface area contributed by atoms with Crippen LogP contribution in [0.3, 0.4) is 0 Å². The van der Waals surface area contributed by atoms with Crippen LogP contribution in [0.15, 0.2) is 140 Å². The zero-order valence-electron chi connectivity index (χ0n) is 49.9. The summed E-state index contributed by atoms with van der Waals surface area (Å²) >= 11 is 0. The number of rotatable bonds is 4. The first kappa shape index (κ1) is 51.7. The van der Waals surface area contributed by atoms with Gasteiger partial charge in [0.15, 0.2) is 0 Å². The number of para-hydroxylation sites is 1. The van der Waals surface area contributed by atoms with Crippen molar-refractivity contribution in [2.75, 3.05) is 14.7 Å². The highest BCUT2D eigenvalue weighted by molar-refractivity contribution is 7.00. The lowest BCUT2D eigenvalue weighted by atomic mass is 9.33. The summed E-state index contributed by atoms with van der Waals surface area (Å²) in [6.07, 6.45) is 6.90. The third-order valence-corrected chi connectivity index (χ3v) is 19.8. The molecule has 7 aromatic carbocycles. The normalized spacial score (nSPS) is 21.2. The highest BCUT2D eigenvalue weighted by Gasteiger charge is 2.62. The van der Waals surface area contributed by atoms with Gasteiger partial charge in [0.25, 0.3) is 6.71 Å². The summed E-state index contributed by atoms with van der Waals surface area (Å²) in [5.74, 6) is 0. The van der Waals surface area contributed by atoms with E-state index in [1.54, 1.807) is 0 Å². The fourth-order valence-corrected chi connectivity index (χ4v) is 15.0. The highest BCUT2D eigenvalue weighted by atomic mass is 15.3. The molecule has 0 amide bonds. The molecule has 77 heavy (non-hydrogen) atoms. The Morgan fingerprint density at radius 2 is 0.896 bits per heavy atom. The van der Waals surface area contributed by atoms with Crippen molar-refractivity contribution >= 4 is 68.6 Å². The molecule has 3 heterocycles. The molecule has 12 rings (SSSR count). The van der Waals surface area contributed by atoms with Crippen molar-refractivity contribution in [3.05, 3.63) is 184 Å². The third kappa shape index (κ3) is 7.86. The van der Waals surface area contributed by atoms with Crippen molar-refractivity contribution in [3.63, 3.8) is 0 Å². The summed E-state index contributed by atoms with van der Waals surface area (Å²) in [6, 6.07) is 56.6. The van der Waals surface area contributed by atoms with Crippen molar-refractivity contribution in [3.8, 4) is 0 Å². The van der Waals surface area contributed by atoms with E-state index < -0.39 is 0 Å². The molecule has 3 nitrogen and oxygen atoms in total. The second-order valence-electron chi connectivity index (χ2n) is 29.9. The Labute approximate surface area is 464 Å². The number of fused-ring (bicyclic) bond motifs is 8. The summed E-state index contributed by atoms with van der Waals surface area (Å²) in [4.78, 5) is 8.25. The molecule has 0 N–H and O–H groups in total. The van der Waals surface area contributed by atoms with Crippen molar-refractivity contribution in [1.29, 1.82) is 0 Å². The average molecular weight is 1020 g/mol. The average Bonchev–Trinajstić information content (AvgIpc) is 3.66. The molecule has 1 saturated carbocycles. The van der Waals surface area contributed by atoms with Gasteiger partial charge in [-0.2, -0.15) is 0 Å². The molecule has 0 bridgehead atoms. The molecule has 0 radical (unpaired) electrons. The lowest BCUT2D eigenvalue weighted by Gasteiger charge is -2.53. The van der Waals surface area contributed by atoms with Gasteiger partial charge in [-0.25, -0.2) is 0 Å². The molecule has 0 aromatic heterocycles. The predicted octanol–water partition coefficient (Wildman–Crippen LogP) is 18.1.